The molecule has 21 heavy (non-hydrogen) atoms. The topological polar surface area (TPSA) is 70.5 Å². The van der Waals surface area contributed by atoms with Gasteiger partial charge in [0.05, 0.1) is 11.5 Å². The molecule has 2 rings (SSSR count). The number of likely N-dealkylation sites (tertiary alicyclic amines) is 1. The average Bonchev–Trinajstić information content (AvgIpc) is 2.45. The maximum Gasteiger partial charge on any atom is 0.434 e. The van der Waals surface area contributed by atoms with Crippen molar-refractivity contribution in [3.05, 3.63) is 29.6 Å². The number of hydrogen-bond donors (Lipinski definition) is 1. The first-order valence-corrected chi connectivity index (χ1v) is 6.35. The van der Waals surface area contributed by atoms with E-state index in [1.165, 1.54) is 11.0 Å². The Morgan fingerprint density at radius 2 is 1.90 bits per heavy atom. The lowest BCUT2D eigenvalue weighted by molar-refractivity contribution is -0.143. The van der Waals surface area contributed by atoms with Gasteiger partial charge >= 0.3 is 12.1 Å². The molecule has 0 spiro atoms. The van der Waals surface area contributed by atoms with Gasteiger partial charge in [0.2, 0.25) is 0 Å². The van der Waals surface area contributed by atoms with E-state index in [0.29, 0.717) is 0 Å². The lowest BCUT2D eigenvalue weighted by Crippen LogP contribution is -2.41. The number of carboxylic acids is 1. The summed E-state index contributed by atoms with van der Waals surface area (Å²) in [6.07, 6.45) is -3.24. The minimum absolute atomic E-state index is 0.127. The van der Waals surface area contributed by atoms with Crippen LogP contribution >= 0.6 is 0 Å². The number of amides is 1. The molecular formula is C13H13F3N2O3. The molecule has 0 saturated carbocycles. The number of halogens is 3. The quantitative estimate of drug-likeness (QED) is 0.907. The largest absolute Gasteiger partial charge is 0.481 e. The van der Waals surface area contributed by atoms with Gasteiger partial charge < -0.3 is 10.0 Å². The van der Waals surface area contributed by atoms with Crippen LogP contribution in [-0.2, 0) is 11.0 Å². The van der Waals surface area contributed by atoms with Gasteiger partial charge in [0.1, 0.15) is 0 Å². The van der Waals surface area contributed by atoms with Crippen LogP contribution in [0.4, 0.5) is 13.2 Å². The van der Waals surface area contributed by atoms with Crippen LogP contribution in [0.5, 0.6) is 0 Å². The lowest BCUT2D eigenvalue weighted by atomic mass is 9.96. The van der Waals surface area contributed by atoms with Gasteiger partial charge in [-0.05, 0) is 25.0 Å². The Kier molecular flexibility index (Phi) is 4.15. The summed E-state index contributed by atoms with van der Waals surface area (Å²) in [7, 11) is 0. The van der Waals surface area contributed by atoms with E-state index in [2.05, 4.69) is 4.98 Å². The zero-order valence-electron chi connectivity index (χ0n) is 10.9. The summed E-state index contributed by atoms with van der Waals surface area (Å²) in [5.41, 5.74) is -1.71. The summed E-state index contributed by atoms with van der Waals surface area (Å²) in [6, 6.07) is 2.36. The molecule has 0 unspecified atom stereocenters. The van der Waals surface area contributed by atoms with Gasteiger partial charge in [-0.3, -0.25) is 14.6 Å². The molecule has 1 fully saturated rings. The van der Waals surface area contributed by atoms with Crippen molar-refractivity contribution < 1.29 is 27.9 Å². The van der Waals surface area contributed by atoms with Crippen molar-refractivity contribution >= 4 is 11.9 Å². The third-order valence-electron chi connectivity index (χ3n) is 3.44. The van der Waals surface area contributed by atoms with Crippen LogP contribution in [-0.4, -0.2) is 40.0 Å². The first-order chi connectivity index (χ1) is 9.80. The molecule has 8 heteroatoms. The number of alkyl halides is 3. The van der Waals surface area contributed by atoms with Gasteiger partial charge in [0.15, 0.2) is 5.69 Å². The van der Waals surface area contributed by atoms with Crippen LogP contribution in [0, 0.1) is 5.92 Å². The second kappa shape index (κ2) is 5.71. The van der Waals surface area contributed by atoms with Crippen molar-refractivity contribution in [1.29, 1.82) is 0 Å². The molecule has 1 aromatic heterocycles. The molecule has 2 heterocycles. The van der Waals surface area contributed by atoms with E-state index < -0.39 is 35.2 Å². The third kappa shape index (κ3) is 3.32. The Hall–Kier alpha value is -2.12. The molecule has 0 radical (unpaired) electrons. The molecule has 1 N–H and O–H groups in total. The average molecular weight is 302 g/mol. The van der Waals surface area contributed by atoms with E-state index >= 15 is 0 Å². The summed E-state index contributed by atoms with van der Waals surface area (Å²) in [5.74, 6) is -2.26. The summed E-state index contributed by atoms with van der Waals surface area (Å²) < 4.78 is 38.5. The van der Waals surface area contributed by atoms with Crippen molar-refractivity contribution in [3.8, 4) is 0 Å². The number of piperidine rings is 1. The summed E-state index contributed by atoms with van der Waals surface area (Å²) in [5, 5.41) is 8.87. The predicted molar refractivity (Wildman–Crippen MR) is 65.5 cm³/mol. The molecule has 1 amide bonds. The summed E-state index contributed by atoms with van der Waals surface area (Å²) in [4.78, 5) is 27.5. The van der Waals surface area contributed by atoms with Crippen LogP contribution in [0.3, 0.4) is 0 Å². The predicted octanol–water partition coefficient (Wildman–Crippen LogP) is 2.04. The van der Waals surface area contributed by atoms with Crippen LogP contribution in [0.2, 0.25) is 0 Å². The maximum absolute atomic E-state index is 12.8. The minimum Gasteiger partial charge on any atom is -0.481 e. The number of carboxylic acid groups (broad SMARTS) is 1. The molecule has 1 aromatic rings. The van der Waals surface area contributed by atoms with Gasteiger partial charge in [-0.2, -0.15) is 13.2 Å². The van der Waals surface area contributed by atoms with Crippen molar-refractivity contribution in [3.63, 3.8) is 0 Å². The van der Waals surface area contributed by atoms with E-state index in [0.717, 1.165) is 12.3 Å². The molecule has 1 aliphatic rings. The molecule has 114 valence electrons. The fourth-order valence-electron chi connectivity index (χ4n) is 2.30. The highest BCUT2D eigenvalue weighted by atomic mass is 19.4. The number of aliphatic carboxylic acids is 1. The van der Waals surface area contributed by atoms with E-state index in [1.54, 1.807) is 0 Å². The number of nitrogens with zero attached hydrogens (tertiary/aromatic N) is 2. The Morgan fingerprint density at radius 3 is 2.43 bits per heavy atom. The first-order valence-electron chi connectivity index (χ1n) is 6.35. The molecule has 5 nitrogen and oxygen atoms in total. The lowest BCUT2D eigenvalue weighted by Gasteiger charge is -2.30. The third-order valence-corrected chi connectivity index (χ3v) is 3.44. The van der Waals surface area contributed by atoms with Crippen molar-refractivity contribution in [2.75, 3.05) is 13.1 Å². The number of hydrogen-bond acceptors (Lipinski definition) is 3. The van der Waals surface area contributed by atoms with Gasteiger partial charge in [-0.1, -0.05) is 0 Å². The van der Waals surface area contributed by atoms with E-state index in [9.17, 15) is 22.8 Å². The van der Waals surface area contributed by atoms with Gasteiger partial charge in [0.25, 0.3) is 5.91 Å². The smallest absolute Gasteiger partial charge is 0.434 e. The van der Waals surface area contributed by atoms with Gasteiger partial charge in [-0.25, -0.2) is 0 Å². The van der Waals surface area contributed by atoms with Crippen LogP contribution < -0.4 is 0 Å². The van der Waals surface area contributed by atoms with Crippen LogP contribution in [0.1, 0.15) is 28.9 Å². The monoisotopic (exact) mass is 302 g/mol. The Morgan fingerprint density at radius 1 is 1.29 bits per heavy atom. The standard InChI is InChI=1S/C13H13F3N2O3/c14-13(15,16)10-9(2-1-5-17-10)11(19)18-6-3-8(4-7-18)12(20)21/h1-2,5,8H,3-4,6-7H2,(H,20,21). The zero-order valence-corrected chi connectivity index (χ0v) is 10.9. The molecule has 0 aromatic carbocycles. The fourth-order valence-corrected chi connectivity index (χ4v) is 2.30. The van der Waals surface area contributed by atoms with Gasteiger partial charge in [-0.15, -0.1) is 0 Å². The Balaban J connectivity index is 2.17. The molecule has 0 aliphatic carbocycles. The molecular weight excluding hydrogens is 289 g/mol. The molecule has 1 aliphatic heterocycles. The normalized spacial score (nSPS) is 16.8. The zero-order chi connectivity index (χ0) is 15.6. The van der Waals surface area contributed by atoms with E-state index in [-0.39, 0.29) is 25.9 Å². The minimum atomic E-state index is -4.70. The maximum atomic E-state index is 12.8. The van der Waals surface area contributed by atoms with Crippen molar-refractivity contribution in [2.24, 2.45) is 5.92 Å². The van der Waals surface area contributed by atoms with Crippen molar-refractivity contribution in [1.82, 2.24) is 9.88 Å². The Bertz CT molecular complexity index is 552. The fraction of sp³-hybridized carbons (Fsp3) is 0.462. The molecule has 0 bridgehead atoms. The highest BCUT2D eigenvalue weighted by Crippen LogP contribution is 2.31. The van der Waals surface area contributed by atoms with Crippen molar-refractivity contribution in [2.45, 2.75) is 19.0 Å². The summed E-state index contributed by atoms with van der Waals surface area (Å²) in [6.45, 7) is 0.254. The second-order valence-electron chi connectivity index (χ2n) is 4.80. The SMILES string of the molecule is O=C(O)C1CCN(C(=O)c2cccnc2C(F)(F)F)CC1. The number of carbonyl (C=O) groups excluding carboxylic acids is 1. The Labute approximate surface area is 118 Å². The second-order valence-corrected chi connectivity index (χ2v) is 4.80. The first kappa shape index (κ1) is 15.3. The number of aromatic nitrogens is 1. The number of rotatable bonds is 2. The number of pyridine rings is 1. The molecule has 1 saturated heterocycles. The summed E-state index contributed by atoms with van der Waals surface area (Å²) >= 11 is 0. The molecule has 0 atom stereocenters. The number of carbonyl (C=O) groups is 2. The van der Waals surface area contributed by atoms with E-state index in [4.69, 9.17) is 5.11 Å². The van der Waals surface area contributed by atoms with E-state index in [1.807, 2.05) is 0 Å². The van der Waals surface area contributed by atoms with Crippen LogP contribution in [0.25, 0.3) is 0 Å². The van der Waals surface area contributed by atoms with Crippen LogP contribution in [0.15, 0.2) is 18.3 Å². The highest BCUT2D eigenvalue weighted by molar-refractivity contribution is 5.95. The highest BCUT2D eigenvalue weighted by Gasteiger charge is 2.38. The van der Waals surface area contributed by atoms with Gasteiger partial charge in [0, 0.05) is 19.3 Å².